The number of nitrogens with zero attached hydrogens (tertiary/aromatic N) is 2. The molecule has 1 aliphatic carbocycles. The van der Waals surface area contributed by atoms with Crippen molar-refractivity contribution in [3.63, 3.8) is 0 Å². The minimum absolute atomic E-state index is 0.0789. The number of carboxylic acids is 1. The first-order valence-corrected chi connectivity index (χ1v) is 8.92. The van der Waals surface area contributed by atoms with E-state index in [9.17, 15) is 18.3 Å². The second-order valence-electron chi connectivity index (χ2n) is 5.51. The van der Waals surface area contributed by atoms with Crippen LogP contribution in [0.15, 0.2) is 15.9 Å². The molecule has 1 saturated heterocycles. The number of hydrogen-bond acceptors (Lipinski definition) is 5. The van der Waals surface area contributed by atoms with Crippen molar-refractivity contribution in [2.24, 2.45) is 5.92 Å². The standard InChI is InChI=1S/C12H16N2O4S2/c15-11(16)9-2-5-12(3-1-4-12)14(7-9)20(17,18)10-6-13-8-19-10/h6,8-9H,1-5,7H2,(H,15,16). The molecule has 1 atom stereocenters. The zero-order valence-corrected chi connectivity index (χ0v) is 12.5. The lowest BCUT2D eigenvalue weighted by atomic mass is 9.70. The van der Waals surface area contributed by atoms with Gasteiger partial charge in [0.1, 0.15) is 0 Å². The van der Waals surface area contributed by atoms with Crippen molar-refractivity contribution in [1.82, 2.24) is 9.29 Å². The van der Waals surface area contributed by atoms with Crippen molar-refractivity contribution < 1.29 is 18.3 Å². The molecule has 8 heteroatoms. The van der Waals surface area contributed by atoms with Gasteiger partial charge in [0.25, 0.3) is 10.0 Å². The van der Waals surface area contributed by atoms with Crippen LogP contribution in [0.4, 0.5) is 0 Å². The van der Waals surface area contributed by atoms with E-state index < -0.39 is 21.9 Å². The summed E-state index contributed by atoms with van der Waals surface area (Å²) in [7, 11) is -3.63. The average molecular weight is 316 g/mol. The first kappa shape index (κ1) is 14.0. The van der Waals surface area contributed by atoms with Crippen molar-refractivity contribution in [1.29, 1.82) is 0 Å². The molecule has 1 N–H and O–H groups in total. The van der Waals surface area contributed by atoms with Gasteiger partial charge in [-0.05, 0) is 32.1 Å². The van der Waals surface area contributed by atoms with Crippen LogP contribution < -0.4 is 0 Å². The van der Waals surface area contributed by atoms with Gasteiger partial charge in [0.2, 0.25) is 0 Å². The second-order valence-corrected chi connectivity index (χ2v) is 8.48. The number of hydrogen-bond donors (Lipinski definition) is 1. The first-order valence-electron chi connectivity index (χ1n) is 6.60. The number of carboxylic acid groups (broad SMARTS) is 1. The largest absolute Gasteiger partial charge is 0.481 e. The molecule has 0 amide bonds. The molecule has 20 heavy (non-hydrogen) atoms. The van der Waals surface area contributed by atoms with Crippen molar-refractivity contribution >= 4 is 27.3 Å². The van der Waals surface area contributed by atoms with Gasteiger partial charge in [0.15, 0.2) is 4.21 Å². The summed E-state index contributed by atoms with van der Waals surface area (Å²) in [6.45, 7) is 0.0789. The molecule has 1 aromatic rings. The molecule has 1 unspecified atom stereocenters. The molecule has 2 fully saturated rings. The van der Waals surface area contributed by atoms with Gasteiger partial charge in [-0.2, -0.15) is 4.31 Å². The number of thiazole rings is 1. The highest BCUT2D eigenvalue weighted by Crippen LogP contribution is 2.48. The van der Waals surface area contributed by atoms with Crippen LogP contribution in [0.1, 0.15) is 32.1 Å². The van der Waals surface area contributed by atoms with Gasteiger partial charge in [-0.1, -0.05) is 0 Å². The third-order valence-corrected chi connectivity index (χ3v) is 7.68. The van der Waals surface area contributed by atoms with Crippen LogP contribution in [-0.4, -0.2) is 40.9 Å². The molecule has 6 nitrogen and oxygen atoms in total. The van der Waals surface area contributed by atoms with E-state index in [1.165, 1.54) is 16.0 Å². The van der Waals surface area contributed by atoms with E-state index in [1.807, 2.05) is 0 Å². The molecule has 110 valence electrons. The average Bonchev–Trinajstić information content (AvgIpc) is 2.90. The molecule has 1 aromatic heterocycles. The molecule has 0 bridgehead atoms. The lowest BCUT2D eigenvalue weighted by molar-refractivity contribution is -0.144. The maximum Gasteiger partial charge on any atom is 0.307 e. The van der Waals surface area contributed by atoms with Gasteiger partial charge in [0, 0.05) is 12.1 Å². The zero-order valence-electron chi connectivity index (χ0n) is 10.9. The van der Waals surface area contributed by atoms with Crippen LogP contribution in [0.25, 0.3) is 0 Å². The quantitative estimate of drug-likeness (QED) is 0.914. The highest BCUT2D eigenvalue weighted by molar-refractivity contribution is 7.91. The third kappa shape index (κ3) is 2.06. The Labute approximate surface area is 121 Å². The molecule has 0 aromatic carbocycles. The normalized spacial score (nSPS) is 26.3. The van der Waals surface area contributed by atoms with Gasteiger partial charge in [-0.3, -0.25) is 9.78 Å². The van der Waals surface area contributed by atoms with Crippen molar-refractivity contribution in [3.05, 3.63) is 11.7 Å². The van der Waals surface area contributed by atoms with Gasteiger partial charge in [-0.25, -0.2) is 8.42 Å². The number of piperidine rings is 1. The van der Waals surface area contributed by atoms with Crippen LogP contribution in [0.3, 0.4) is 0 Å². The molecular weight excluding hydrogens is 300 g/mol. The maximum absolute atomic E-state index is 12.7. The molecule has 1 spiro atoms. The third-order valence-electron chi connectivity index (χ3n) is 4.46. The van der Waals surface area contributed by atoms with Crippen molar-refractivity contribution in [2.45, 2.75) is 41.9 Å². The van der Waals surface area contributed by atoms with E-state index in [-0.39, 0.29) is 16.3 Å². The summed E-state index contributed by atoms with van der Waals surface area (Å²) in [4.78, 5) is 15.0. The molecule has 2 heterocycles. The highest BCUT2D eigenvalue weighted by atomic mass is 32.2. The summed E-state index contributed by atoms with van der Waals surface area (Å²) in [6.07, 6.45) is 5.21. The summed E-state index contributed by atoms with van der Waals surface area (Å²) in [5, 5.41) is 9.18. The highest BCUT2D eigenvalue weighted by Gasteiger charge is 2.52. The number of aliphatic carboxylic acids is 1. The van der Waals surface area contributed by atoms with E-state index in [4.69, 9.17) is 0 Å². The van der Waals surface area contributed by atoms with Crippen LogP contribution in [0.2, 0.25) is 0 Å². The Morgan fingerprint density at radius 1 is 1.45 bits per heavy atom. The van der Waals surface area contributed by atoms with Gasteiger partial charge in [0.05, 0.1) is 17.6 Å². The lowest BCUT2D eigenvalue weighted by Crippen LogP contribution is -2.60. The van der Waals surface area contributed by atoms with Gasteiger partial charge in [-0.15, -0.1) is 11.3 Å². The van der Waals surface area contributed by atoms with Crippen LogP contribution in [0, 0.1) is 5.92 Å². The van der Waals surface area contributed by atoms with Crippen LogP contribution in [0.5, 0.6) is 0 Å². The Morgan fingerprint density at radius 2 is 2.20 bits per heavy atom. The number of carbonyl (C=O) groups is 1. The molecular formula is C12H16N2O4S2. The SMILES string of the molecule is O=C(O)C1CCC2(CCC2)N(S(=O)(=O)c2cncs2)C1. The van der Waals surface area contributed by atoms with E-state index in [0.29, 0.717) is 12.8 Å². The molecule has 0 radical (unpaired) electrons. The topological polar surface area (TPSA) is 87.6 Å². The summed E-state index contributed by atoms with van der Waals surface area (Å²) in [6, 6.07) is 0. The predicted octanol–water partition coefficient (Wildman–Crippen LogP) is 1.55. The Morgan fingerprint density at radius 3 is 2.70 bits per heavy atom. The fourth-order valence-electron chi connectivity index (χ4n) is 3.13. The van der Waals surface area contributed by atoms with Gasteiger partial charge >= 0.3 is 5.97 Å². The molecule has 3 rings (SSSR count). The molecule has 2 aliphatic rings. The maximum atomic E-state index is 12.7. The number of aromatic nitrogens is 1. The van der Waals surface area contributed by atoms with Crippen molar-refractivity contribution in [3.8, 4) is 0 Å². The summed E-state index contributed by atoms with van der Waals surface area (Å²) >= 11 is 1.08. The van der Waals surface area contributed by atoms with E-state index in [1.54, 1.807) is 0 Å². The fourth-order valence-corrected chi connectivity index (χ4v) is 5.94. The summed E-state index contributed by atoms with van der Waals surface area (Å²) in [5.74, 6) is -1.52. The Bertz CT molecular complexity index is 607. The Hall–Kier alpha value is -0.990. The smallest absolute Gasteiger partial charge is 0.307 e. The Balaban J connectivity index is 1.96. The minimum atomic E-state index is -3.63. The number of rotatable bonds is 3. The van der Waals surface area contributed by atoms with E-state index >= 15 is 0 Å². The number of sulfonamides is 1. The van der Waals surface area contributed by atoms with Crippen molar-refractivity contribution in [2.75, 3.05) is 6.54 Å². The second kappa shape index (κ2) is 4.78. The van der Waals surface area contributed by atoms with Crippen LogP contribution in [-0.2, 0) is 14.8 Å². The first-order chi connectivity index (χ1) is 9.46. The van der Waals surface area contributed by atoms with Crippen LogP contribution >= 0.6 is 11.3 Å². The molecule has 1 aliphatic heterocycles. The molecule has 1 saturated carbocycles. The van der Waals surface area contributed by atoms with E-state index in [2.05, 4.69) is 4.98 Å². The summed E-state index contributed by atoms with van der Waals surface area (Å²) < 4.78 is 27.1. The fraction of sp³-hybridized carbons (Fsp3) is 0.667. The van der Waals surface area contributed by atoms with E-state index in [0.717, 1.165) is 30.6 Å². The predicted molar refractivity (Wildman–Crippen MR) is 72.9 cm³/mol. The lowest BCUT2D eigenvalue weighted by Gasteiger charge is -2.53. The zero-order chi connectivity index (χ0) is 14.4. The van der Waals surface area contributed by atoms with Gasteiger partial charge < -0.3 is 5.11 Å². The monoisotopic (exact) mass is 316 g/mol. The minimum Gasteiger partial charge on any atom is -0.481 e. The Kier molecular flexibility index (Phi) is 3.34. The summed E-state index contributed by atoms with van der Waals surface area (Å²) in [5.41, 5.74) is 1.13.